The fraction of sp³-hybridized carbons (Fsp3) is 0.462. The Morgan fingerprint density at radius 1 is 1.17 bits per heavy atom. The van der Waals surface area contributed by atoms with Gasteiger partial charge in [-0.15, -0.1) is 0 Å². The predicted molar refractivity (Wildman–Crippen MR) is 64.5 cm³/mol. The number of alkyl halides is 2. The predicted octanol–water partition coefficient (Wildman–Crippen LogP) is 2.70. The Balaban J connectivity index is 1.94. The third kappa shape index (κ3) is 1.88. The lowest BCUT2D eigenvalue weighted by Gasteiger charge is -2.35. The van der Waals surface area contributed by atoms with Crippen LogP contribution in [0.25, 0.3) is 5.65 Å². The molecule has 3 rings (SSSR count). The number of nitrogens with two attached hydrogens (primary N) is 1. The molecule has 0 unspecified atom stereocenters. The molecule has 1 aliphatic carbocycles. The van der Waals surface area contributed by atoms with Crippen molar-refractivity contribution in [1.82, 2.24) is 9.38 Å². The van der Waals surface area contributed by atoms with E-state index in [9.17, 15) is 8.78 Å². The maximum Gasteiger partial charge on any atom is 0.248 e. The van der Waals surface area contributed by atoms with Gasteiger partial charge in [0.15, 0.2) is 0 Å². The van der Waals surface area contributed by atoms with Crippen molar-refractivity contribution in [2.45, 2.75) is 37.1 Å². The van der Waals surface area contributed by atoms with Gasteiger partial charge in [-0.25, -0.2) is 13.8 Å². The summed E-state index contributed by atoms with van der Waals surface area (Å²) in [6.07, 6.45) is 3.98. The molecule has 1 saturated carbocycles. The minimum absolute atomic E-state index is 0.155. The fourth-order valence-corrected chi connectivity index (χ4v) is 2.49. The number of fused-ring (bicyclic) bond motifs is 1. The molecule has 0 spiro atoms. The quantitative estimate of drug-likeness (QED) is 0.846. The monoisotopic (exact) mass is 251 g/mol. The van der Waals surface area contributed by atoms with Crippen molar-refractivity contribution in [2.24, 2.45) is 5.73 Å². The van der Waals surface area contributed by atoms with Gasteiger partial charge >= 0.3 is 0 Å². The van der Waals surface area contributed by atoms with Gasteiger partial charge in [0, 0.05) is 25.2 Å². The van der Waals surface area contributed by atoms with Gasteiger partial charge in [0.2, 0.25) is 5.92 Å². The van der Waals surface area contributed by atoms with Crippen molar-refractivity contribution in [2.75, 3.05) is 0 Å². The molecular formula is C13H15F2N3. The van der Waals surface area contributed by atoms with E-state index in [1.54, 1.807) is 0 Å². The molecule has 96 valence electrons. The van der Waals surface area contributed by atoms with Crippen LogP contribution in [0.1, 0.15) is 31.4 Å². The maximum atomic E-state index is 13.2. The fourth-order valence-electron chi connectivity index (χ4n) is 2.49. The minimum Gasteiger partial charge on any atom is -0.320 e. The largest absolute Gasteiger partial charge is 0.320 e. The van der Waals surface area contributed by atoms with Gasteiger partial charge in [0.1, 0.15) is 5.65 Å². The summed E-state index contributed by atoms with van der Waals surface area (Å²) in [6, 6.07) is 5.67. The van der Waals surface area contributed by atoms with Crippen LogP contribution in [-0.4, -0.2) is 15.3 Å². The van der Waals surface area contributed by atoms with Crippen molar-refractivity contribution < 1.29 is 8.78 Å². The molecule has 18 heavy (non-hydrogen) atoms. The van der Waals surface area contributed by atoms with E-state index in [-0.39, 0.29) is 25.7 Å². The van der Waals surface area contributed by atoms with Crippen LogP contribution >= 0.6 is 0 Å². The van der Waals surface area contributed by atoms with Crippen LogP contribution in [-0.2, 0) is 5.54 Å². The van der Waals surface area contributed by atoms with Crippen LogP contribution in [0.2, 0.25) is 0 Å². The molecule has 2 N–H and O–H groups in total. The molecule has 0 bridgehead atoms. The Labute approximate surface area is 104 Å². The number of imidazole rings is 1. The van der Waals surface area contributed by atoms with E-state index in [2.05, 4.69) is 4.98 Å². The maximum absolute atomic E-state index is 13.2. The van der Waals surface area contributed by atoms with Crippen LogP contribution in [0, 0.1) is 0 Å². The van der Waals surface area contributed by atoms with E-state index in [1.807, 2.05) is 35.0 Å². The van der Waals surface area contributed by atoms with Crippen LogP contribution in [0.5, 0.6) is 0 Å². The molecule has 0 saturated heterocycles. The van der Waals surface area contributed by atoms with Crippen molar-refractivity contribution >= 4 is 5.65 Å². The van der Waals surface area contributed by atoms with Crippen molar-refractivity contribution in [1.29, 1.82) is 0 Å². The molecule has 1 aliphatic rings. The number of aromatic nitrogens is 2. The van der Waals surface area contributed by atoms with E-state index in [1.165, 1.54) is 0 Å². The second kappa shape index (κ2) is 3.75. The Kier molecular flexibility index (Phi) is 2.41. The lowest BCUT2D eigenvalue weighted by Crippen LogP contribution is -2.43. The van der Waals surface area contributed by atoms with E-state index in [0.717, 1.165) is 5.65 Å². The van der Waals surface area contributed by atoms with Crippen LogP contribution in [0.3, 0.4) is 0 Å². The normalized spacial score (nSPS) is 22.2. The topological polar surface area (TPSA) is 43.3 Å². The summed E-state index contributed by atoms with van der Waals surface area (Å²) in [5.74, 6) is -2.57. The van der Waals surface area contributed by atoms with Gasteiger partial charge in [0.05, 0.1) is 11.2 Å². The third-order valence-electron chi connectivity index (χ3n) is 3.75. The number of hydrogen-bond acceptors (Lipinski definition) is 2. The van der Waals surface area contributed by atoms with Gasteiger partial charge in [-0.3, -0.25) is 0 Å². The van der Waals surface area contributed by atoms with Gasteiger partial charge in [0.25, 0.3) is 0 Å². The average Bonchev–Trinajstić information content (AvgIpc) is 2.78. The second-order valence-electron chi connectivity index (χ2n) is 5.10. The Bertz CT molecular complexity index is 533. The summed E-state index contributed by atoms with van der Waals surface area (Å²) in [5, 5.41) is 0. The molecule has 0 atom stereocenters. The molecule has 0 amide bonds. The molecule has 0 aromatic carbocycles. The van der Waals surface area contributed by atoms with Gasteiger partial charge in [-0.2, -0.15) is 0 Å². The highest BCUT2D eigenvalue weighted by Crippen LogP contribution is 2.41. The van der Waals surface area contributed by atoms with E-state index in [4.69, 9.17) is 5.73 Å². The van der Waals surface area contributed by atoms with Gasteiger partial charge in [-0.1, -0.05) is 6.07 Å². The lowest BCUT2D eigenvalue weighted by molar-refractivity contribution is -0.0518. The summed E-state index contributed by atoms with van der Waals surface area (Å²) in [4.78, 5) is 4.45. The van der Waals surface area contributed by atoms with Crippen LogP contribution in [0.15, 0.2) is 30.6 Å². The number of hydrogen-bond donors (Lipinski definition) is 1. The highest BCUT2D eigenvalue weighted by Gasteiger charge is 2.43. The lowest BCUT2D eigenvalue weighted by atomic mass is 9.79. The van der Waals surface area contributed by atoms with E-state index >= 15 is 0 Å². The highest BCUT2D eigenvalue weighted by molar-refractivity contribution is 5.41. The zero-order valence-corrected chi connectivity index (χ0v) is 9.94. The summed E-state index contributed by atoms with van der Waals surface area (Å²) >= 11 is 0. The molecule has 2 aromatic heterocycles. The summed E-state index contributed by atoms with van der Waals surface area (Å²) < 4.78 is 28.2. The Hall–Kier alpha value is -1.49. The summed E-state index contributed by atoms with van der Waals surface area (Å²) in [5.41, 5.74) is 7.05. The third-order valence-corrected chi connectivity index (χ3v) is 3.75. The molecule has 3 nitrogen and oxygen atoms in total. The zero-order chi connectivity index (χ0) is 12.8. The minimum atomic E-state index is -2.57. The van der Waals surface area contributed by atoms with Crippen LogP contribution in [0.4, 0.5) is 8.78 Å². The number of pyridine rings is 1. The van der Waals surface area contributed by atoms with Crippen molar-refractivity contribution in [3.63, 3.8) is 0 Å². The first-order valence-electron chi connectivity index (χ1n) is 6.10. The molecule has 2 aromatic rings. The first kappa shape index (κ1) is 11.6. The van der Waals surface area contributed by atoms with Crippen molar-refractivity contribution in [3.8, 4) is 0 Å². The van der Waals surface area contributed by atoms with E-state index < -0.39 is 11.5 Å². The first-order chi connectivity index (χ1) is 8.49. The molecule has 5 heteroatoms. The number of nitrogens with zero attached hydrogens (tertiary/aromatic N) is 2. The number of halogens is 2. The standard InChI is InChI=1S/C13H15F2N3/c14-13(15)6-4-12(16,5-7-13)10-9-18-8-2-1-3-11(18)17-10/h1-3,8-9H,4-7,16H2. The summed E-state index contributed by atoms with van der Waals surface area (Å²) in [6.45, 7) is 0. The van der Waals surface area contributed by atoms with Gasteiger partial charge < -0.3 is 10.1 Å². The molecular weight excluding hydrogens is 236 g/mol. The molecule has 2 heterocycles. The molecule has 1 fully saturated rings. The number of rotatable bonds is 1. The van der Waals surface area contributed by atoms with E-state index in [0.29, 0.717) is 5.69 Å². The van der Waals surface area contributed by atoms with Crippen molar-refractivity contribution in [3.05, 3.63) is 36.3 Å². The average molecular weight is 251 g/mol. The van der Waals surface area contributed by atoms with Crippen LogP contribution < -0.4 is 5.73 Å². The molecule has 0 aliphatic heterocycles. The summed E-state index contributed by atoms with van der Waals surface area (Å²) in [7, 11) is 0. The Morgan fingerprint density at radius 2 is 1.89 bits per heavy atom. The second-order valence-corrected chi connectivity index (χ2v) is 5.10. The zero-order valence-electron chi connectivity index (χ0n) is 9.94. The smallest absolute Gasteiger partial charge is 0.248 e. The highest BCUT2D eigenvalue weighted by atomic mass is 19.3. The Morgan fingerprint density at radius 3 is 2.56 bits per heavy atom. The first-order valence-corrected chi connectivity index (χ1v) is 6.10. The van der Waals surface area contributed by atoms with Gasteiger partial charge in [-0.05, 0) is 25.0 Å². The molecule has 0 radical (unpaired) electrons. The SMILES string of the molecule is NC1(c2cn3ccccc3n2)CCC(F)(F)CC1.